The summed E-state index contributed by atoms with van der Waals surface area (Å²) in [5.41, 5.74) is 0. The number of methoxy groups -OCH3 is 1. The van der Waals surface area contributed by atoms with Gasteiger partial charge >= 0.3 is 15.6 Å². The molecule has 0 radical (unpaired) electrons. The van der Waals surface area contributed by atoms with Crippen LogP contribution < -0.4 is 0 Å². The summed E-state index contributed by atoms with van der Waals surface area (Å²) in [6.45, 7) is 3.15. The van der Waals surface area contributed by atoms with E-state index in [2.05, 4.69) is 0 Å². The van der Waals surface area contributed by atoms with Gasteiger partial charge in [-0.1, -0.05) is 34.6 Å². The SMILES string of the molecule is CC.COCCN(CCOP(=O)(O)OCCN(CCOP(=O)(O)OCCN(CCO)C(=O)CCCO[C@@H]1OC(CO)[C@H](O)[C@H](O)C1C)C(=O)CCCO[C@@H]1OC(CO)[C@H](O)[C@H](O)C1C)C(=O)CCCO[C@@H]1OC(CO)[C@H](O)[C@H](O)C1C. The van der Waals surface area contributed by atoms with Gasteiger partial charge in [0, 0.05) is 83.4 Å². The highest BCUT2D eigenvalue weighted by Crippen LogP contribution is 2.44. The topological polar surface area (TPSA) is 439 Å². The van der Waals surface area contributed by atoms with Crippen molar-refractivity contribution in [1.29, 1.82) is 0 Å². The number of rotatable bonds is 39. The average molecular weight is 1220 g/mol. The van der Waals surface area contributed by atoms with Crippen LogP contribution in [0, 0.1) is 17.8 Å². The Morgan fingerprint density at radius 3 is 0.938 bits per heavy atom. The molecule has 3 aliphatic rings. The third-order valence-electron chi connectivity index (χ3n) is 13.5. The highest BCUT2D eigenvalue weighted by Gasteiger charge is 2.45. The van der Waals surface area contributed by atoms with Crippen molar-refractivity contribution in [3.05, 3.63) is 0 Å². The second-order valence-electron chi connectivity index (χ2n) is 19.2. The van der Waals surface area contributed by atoms with E-state index in [0.29, 0.717) is 0 Å². The summed E-state index contributed by atoms with van der Waals surface area (Å²) in [5.74, 6) is -3.44. The first-order valence-corrected chi connectivity index (χ1v) is 30.3. The van der Waals surface area contributed by atoms with Crippen molar-refractivity contribution in [1.82, 2.24) is 14.7 Å². The first-order valence-electron chi connectivity index (χ1n) is 27.3. The molecule has 3 heterocycles. The summed E-state index contributed by atoms with van der Waals surface area (Å²) in [5, 5.41) is 99.2. The van der Waals surface area contributed by atoms with E-state index in [4.69, 9.17) is 51.3 Å². The summed E-state index contributed by atoms with van der Waals surface area (Å²) in [4.78, 5) is 64.2. The Labute approximate surface area is 473 Å². The van der Waals surface area contributed by atoms with Crippen molar-refractivity contribution in [3.63, 3.8) is 0 Å². The number of carbonyl (C=O) groups is 3. The lowest BCUT2D eigenvalue weighted by molar-refractivity contribution is -0.282. The van der Waals surface area contributed by atoms with E-state index < -0.39 is 172 Å². The molecule has 0 aromatic carbocycles. The van der Waals surface area contributed by atoms with Crippen LogP contribution in [0.4, 0.5) is 0 Å². The molecular weight excluding hydrogens is 1130 g/mol. The van der Waals surface area contributed by atoms with E-state index >= 15 is 0 Å². The van der Waals surface area contributed by atoms with Crippen LogP contribution in [0.3, 0.4) is 0 Å². The maximum Gasteiger partial charge on any atom is 0.472 e. The van der Waals surface area contributed by atoms with Crippen LogP contribution in [0.2, 0.25) is 0 Å². The van der Waals surface area contributed by atoms with Crippen LogP contribution >= 0.6 is 15.6 Å². The van der Waals surface area contributed by atoms with Gasteiger partial charge in [-0.25, -0.2) is 9.13 Å². The summed E-state index contributed by atoms with van der Waals surface area (Å²) in [6.07, 6.45) is -13.8. The first-order chi connectivity index (χ1) is 38.5. The van der Waals surface area contributed by atoms with Crippen LogP contribution in [0.1, 0.15) is 73.1 Å². The number of carbonyl (C=O) groups excluding carboxylic acids is 3. The monoisotopic (exact) mass is 1220 g/mol. The van der Waals surface area contributed by atoms with Crippen molar-refractivity contribution >= 4 is 33.4 Å². The van der Waals surface area contributed by atoms with Gasteiger partial charge in [0.15, 0.2) is 18.9 Å². The van der Waals surface area contributed by atoms with Crippen molar-refractivity contribution in [2.45, 2.75) is 147 Å². The first kappa shape index (κ1) is 75.0. The number of aliphatic hydroxyl groups is 10. The molecule has 81 heavy (non-hydrogen) atoms. The number of phosphoric acid groups is 2. The third kappa shape index (κ3) is 25.8. The van der Waals surface area contributed by atoms with Crippen molar-refractivity contribution in [3.8, 4) is 0 Å². The Hall–Kier alpha value is -2.05. The summed E-state index contributed by atoms with van der Waals surface area (Å²) in [6, 6.07) is 0. The fraction of sp³-hybridized carbons (Fsp3) is 0.938. The lowest BCUT2D eigenvalue weighted by Gasteiger charge is -2.40. The second kappa shape index (κ2) is 39.6. The molecule has 478 valence electrons. The van der Waals surface area contributed by atoms with Gasteiger partial charge in [0.05, 0.1) is 97.6 Å². The fourth-order valence-electron chi connectivity index (χ4n) is 8.52. The maximum atomic E-state index is 13.5. The molecule has 0 bridgehead atoms. The summed E-state index contributed by atoms with van der Waals surface area (Å²) in [7, 11) is -8.27. The van der Waals surface area contributed by atoms with Crippen LogP contribution in [0.5, 0.6) is 0 Å². The van der Waals surface area contributed by atoms with Crippen LogP contribution in [0.15, 0.2) is 0 Å². The molecule has 3 rings (SSSR count). The van der Waals surface area contributed by atoms with E-state index in [1.807, 2.05) is 13.8 Å². The molecule has 0 saturated carbocycles. The second-order valence-corrected chi connectivity index (χ2v) is 22.2. The highest BCUT2D eigenvalue weighted by atomic mass is 31.2. The number of hydrogen-bond acceptors (Lipinski definition) is 26. The number of phosphoric ester groups is 2. The minimum atomic E-state index is -4.85. The zero-order chi connectivity index (χ0) is 60.9. The predicted octanol–water partition coefficient (Wildman–Crippen LogP) is -2.98. The number of aliphatic hydroxyl groups excluding tert-OH is 10. The van der Waals surface area contributed by atoms with Gasteiger partial charge in [0.2, 0.25) is 17.7 Å². The van der Waals surface area contributed by atoms with Gasteiger partial charge in [0.1, 0.15) is 36.6 Å². The Morgan fingerprint density at radius 1 is 0.432 bits per heavy atom. The van der Waals surface area contributed by atoms with Gasteiger partial charge < -0.3 is 109 Å². The molecular formula is C48H93N3O28P2. The normalized spacial score (nSPS) is 30.1. The Bertz CT molecular complexity index is 1850. The van der Waals surface area contributed by atoms with Gasteiger partial charge in [0.25, 0.3) is 0 Å². The zero-order valence-electron chi connectivity index (χ0n) is 47.3. The lowest BCUT2D eigenvalue weighted by atomic mass is 9.92. The molecule has 3 amide bonds. The summed E-state index contributed by atoms with van der Waals surface area (Å²) >= 11 is 0. The van der Waals surface area contributed by atoms with Crippen LogP contribution in [-0.2, 0) is 74.8 Å². The molecule has 12 N–H and O–H groups in total. The molecule has 3 fully saturated rings. The zero-order valence-corrected chi connectivity index (χ0v) is 49.1. The molecule has 3 saturated heterocycles. The maximum absolute atomic E-state index is 13.5. The van der Waals surface area contributed by atoms with E-state index in [9.17, 15) is 84.4 Å². The molecule has 0 aliphatic carbocycles. The average Bonchev–Trinajstić information content (AvgIpc) is 3.44. The Morgan fingerprint density at radius 2 is 0.691 bits per heavy atom. The van der Waals surface area contributed by atoms with E-state index in [-0.39, 0.29) is 110 Å². The number of hydrogen-bond donors (Lipinski definition) is 12. The Balaban J connectivity index is 0.0000111. The number of amides is 3. The van der Waals surface area contributed by atoms with Gasteiger partial charge in [-0.2, -0.15) is 0 Å². The third-order valence-corrected chi connectivity index (χ3v) is 15.5. The molecule has 33 heteroatoms. The fourth-order valence-corrected chi connectivity index (χ4v) is 9.92. The van der Waals surface area contributed by atoms with Crippen LogP contribution in [0.25, 0.3) is 0 Å². The molecule has 3 aliphatic heterocycles. The molecule has 17 atom stereocenters. The smallest absolute Gasteiger partial charge is 0.395 e. The van der Waals surface area contributed by atoms with E-state index in [1.165, 1.54) is 16.9 Å². The summed E-state index contributed by atoms with van der Waals surface area (Å²) < 4.78 is 85.0. The van der Waals surface area contributed by atoms with Crippen molar-refractivity contribution in [2.24, 2.45) is 17.8 Å². The van der Waals surface area contributed by atoms with E-state index in [0.717, 1.165) is 4.90 Å². The van der Waals surface area contributed by atoms with Gasteiger partial charge in [-0.05, 0) is 19.3 Å². The predicted molar refractivity (Wildman–Crippen MR) is 280 cm³/mol. The van der Waals surface area contributed by atoms with E-state index in [1.54, 1.807) is 20.8 Å². The highest BCUT2D eigenvalue weighted by molar-refractivity contribution is 7.47. The molecule has 0 spiro atoms. The molecule has 0 aromatic rings. The number of ether oxygens (including phenoxy) is 7. The quantitative estimate of drug-likeness (QED) is 0.0216. The van der Waals surface area contributed by atoms with Crippen molar-refractivity contribution < 1.29 is 136 Å². The number of nitrogens with zero attached hydrogens (tertiary/aromatic N) is 3. The standard InChI is InChI=1S/C46H87N3O28P2.C2H6/c1-29-38(57)41(60)32(26-51)75-44(29)68-18-5-8-35(54)47(11-17-50)13-22-71-78(63,64)73-24-15-49(37(56)10-7-20-70-46-31(3)40(59)43(62)34(28-53)77-46)16-25-74-79(65,66)72-23-14-48(12-21-67-4)36(55)9-6-19-69-45-30(2)39(58)42(61)33(27-52)76-45;1-2/h29-34,38-46,50-53,57-62H,5-28H2,1-4H3,(H,63,64)(H,65,66);1-2H3/t29?,30?,31?,32?,33?,34?,38-,39-,40-,41+,42+,43+,44-,45-,46-;/m1./s1. The minimum Gasteiger partial charge on any atom is -0.395 e. The van der Waals surface area contributed by atoms with Crippen LogP contribution in [-0.4, -0.2) is 293 Å². The lowest BCUT2D eigenvalue weighted by Crippen LogP contribution is -2.55. The largest absolute Gasteiger partial charge is 0.472 e. The van der Waals surface area contributed by atoms with Crippen molar-refractivity contribution in [2.75, 3.05) is 126 Å². The molecule has 8 unspecified atom stereocenters. The Kier molecular flexibility index (Phi) is 36.7. The van der Waals surface area contributed by atoms with Gasteiger partial charge in [-0.15, -0.1) is 0 Å². The van der Waals surface area contributed by atoms with Gasteiger partial charge in [-0.3, -0.25) is 32.5 Å². The molecule has 0 aromatic heterocycles. The minimum absolute atomic E-state index is 0.0131. The molecule has 31 nitrogen and oxygen atoms in total.